The molecule has 0 bridgehead atoms. The zero-order chi connectivity index (χ0) is 15.8. The lowest BCUT2D eigenvalue weighted by atomic mass is 9.87. The lowest BCUT2D eigenvalue weighted by Crippen LogP contribution is -2.39. The van der Waals surface area contributed by atoms with Crippen LogP contribution in [0.15, 0.2) is 0 Å². The lowest BCUT2D eigenvalue weighted by molar-refractivity contribution is 0.329. The first-order valence-electron chi connectivity index (χ1n) is 8.16. The number of thiazole rings is 1. The summed E-state index contributed by atoms with van der Waals surface area (Å²) in [6, 6.07) is 0.996. The zero-order valence-corrected chi connectivity index (χ0v) is 15.5. The fourth-order valence-corrected chi connectivity index (χ4v) is 3.49. The number of anilines is 1. The molecule has 1 saturated carbocycles. The molecule has 0 amide bonds. The Hall–Kier alpha value is -0.610. The third-order valence-electron chi connectivity index (χ3n) is 4.49. The first kappa shape index (κ1) is 16.8. The quantitative estimate of drug-likeness (QED) is 0.844. The molecule has 2 rings (SSSR count). The van der Waals surface area contributed by atoms with E-state index in [4.69, 9.17) is 4.98 Å². The van der Waals surface area contributed by atoms with Crippen molar-refractivity contribution in [2.24, 2.45) is 5.41 Å². The van der Waals surface area contributed by atoms with E-state index in [1.807, 2.05) is 11.3 Å². The van der Waals surface area contributed by atoms with Crippen LogP contribution in [0.4, 0.5) is 5.13 Å². The van der Waals surface area contributed by atoms with Crippen molar-refractivity contribution >= 4 is 16.5 Å². The highest BCUT2D eigenvalue weighted by atomic mass is 32.1. The number of nitrogens with zero attached hydrogens (tertiary/aromatic N) is 2. The minimum Gasteiger partial charge on any atom is -0.348 e. The summed E-state index contributed by atoms with van der Waals surface area (Å²) >= 11 is 1.87. The van der Waals surface area contributed by atoms with E-state index in [9.17, 15) is 0 Å². The van der Waals surface area contributed by atoms with Crippen molar-refractivity contribution in [2.75, 3.05) is 11.9 Å². The third-order valence-corrected chi connectivity index (χ3v) is 5.65. The standard InChI is InChI=1S/C17H31N3S/c1-11(2)18-10-14-15(13-8-9-13)19-16(21-14)20(7)12(3)17(4,5)6/h11-13,18H,8-10H2,1-7H3. The Kier molecular flexibility index (Phi) is 4.99. The van der Waals surface area contributed by atoms with Crippen molar-refractivity contribution < 1.29 is 0 Å². The van der Waals surface area contributed by atoms with Gasteiger partial charge in [0.05, 0.1) is 5.69 Å². The van der Waals surface area contributed by atoms with Crippen LogP contribution in [0.2, 0.25) is 0 Å². The van der Waals surface area contributed by atoms with Crippen LogP contribution in [-0.2, 0) is 6.54 Å². The molecule has 1 aromatic rings. The molecule has 0 saturated heterocycles. The summed E-state index contributed by atoms with van der Waals surface area (Å²) in [6.07, 6.45) is 2.63. The number of aromatic nitrogens is 1. The van der Waals surface area contributed by atoms with Crippen molar-refractivity contribution in [2.45, 2.75) is 78.9 Å². The van der Waals surface area contributed by atoms with Gasteiger partial charge in [-0.3, -0.25) is 0 Å². The molecule has 0 spiro atoms. The monoisotopic (exact) mass is 309 g/mol. The number of nitrogens with one attached hydrogen (secondary N) is 1. The molecule has 0 aromatic carbocycles. The van der Waals surface area contributed by atoms with Gasteiger partial charge in [-0.25, -0.2) is 4.98 Å². The lowest BCUT2D eigenvalue weighted by Gasteiger charge is -2.35. The maximum atomic E-state index is 4.99. The van der Waals surface area contributed by atoms with Crippen molar-refractivity contribution in [3.63, 3.8) is 0 Å². The Labute approximate surface area is 134 Å². The molecule has 1 N–H and O–H groups in total. The second kappa shape index (κ2) is 6.25. The van der Waals surface area contributed by atoms with E-state index >= 15 is 0 Å². The maximum absolute atomic E-state index is 4.99. The van der Waals surface area contributed by atoms with Crippen LogP contribution in [0.1, 0.15) is 70.9 Å². The van der Waals surface area contributed by atoms with Gasteiger partial charge in [-0.2, -0.15) is 0 Å². The van der Waals surface area contributed by atoms with Crippen LogP contribution in [0.3, 0.4) is 0 Å². The van der Waals surface area contributed by atoms with Crippen molar-refractivity contribution in [1.82, 2.24) is 10.3 Å². The van der Waals surface area contributed by atoms with Gasteiger partial charge in [-0.05, 0) is 25.2 Å². The Morgan fingerprint density at radius 2 is 1.90 bits per heavy atom. The first-order chi connectivity index (χ1) is 9.70. The van der Waals surface area contributed by atoms with Crippen LogP contribution in [0.25, 0.3) is 0 Å². The molecule has 1 atom stereocenters. The van der Waals surface area contributed by atoms with Crippen LogP contribution >= 0.6 is 11.3 Å². The highest BCUT2D eigenvalue weighted by Crippen LogP contribution is 2.44. The predicted molar refractivity (Wildman–Crippen MR) is 93.4 cm³/mol. The average Bonchev–Trinajstić information content (AvgIpc) is 3.13. The summed E-state index contributed by atoms with van der Waals surface area (Å²) in [7, 11) is 2.19. The molecule has 1 aliphatic carbocycles. The van der Waals surface area contributed by atoms with E-state index in [0.717, 1.165) is 12.5 Å². The summed E-state index contributed by atoms with van der Waals surface area (Å²) < 4.78 is 0. The maximum Gasteiger partial charge on any atom is 0.185 e. The Bertz CT molecular complexity index is 469. The van der Waals surface area contributed by atoms with E-state index in [0.29, 0.717) is 12.1 Å². The highest BCUT2D eigenvalue weighted by molar-refractivity contribution is 7.15. The highest BCUT2D eigenvalue weighted by Gasteiger charge is 2.32. The predicted octanol–water partition coefficient (Wildman–Crippen LogP) is 4.39. The summed E-state index contributed by atoms with van der Waals surface area (Å²) in [5.74, 6) is 0.720. The van der Waals surface area contributed by atoms with Crippen molar-refractivity contribution in [3.8, 4) is 0 Å². The second-order valence-electron chi connectivity index (χ2n) is 7.77. The topological polar surface area (TPSA) is 28.2 Å². The molecule has 0 radical (unpaired) electrons. The van der Waals surface area contributed by atoms with Gasteiger partial charge >= 0.3 is 0 Å². The Morgan fingerprint density at radius 1 is 1.29 bits per heavy atom. The van der Waals surface area contributed by atoms with Gasteiger partial charge < -0.3 is 10.2 Å². The molecule has 120 valence electrons. The SMILES string of the molecule is CC(C)NCc1sc(N(C)C(C)C(C)(C)C)nc1C1CC1. The van der Waals surface area contributed by atoms with E-state index in [-0.39, 0.29) is 5.41 Å². The third kappa shape index (κ3) is 4.19. The molecule has 1 fully saturated rings. The summed E-state index contributed by atoms with van der Waals surface area (Å²) in [6.45, 7) is 14.5. The van der Waals surface area contributed by atoms with E-state index in [1.165, 1.54) is 28.5 Å². The number of rotatable bonds is 6. The van der Waals surface area contributed by atoms with Crippen LogP contribution in [-0.4, -0.2) is 24.1 Å². The normalized spacial score (nSPS) is 17.3. The zero-order valence-electron chi connectivity index (χ0n) is 14.7. The van der Waals surface area contributed by atoms with E-state index in [1.54, 1.807) is 0 Å². The molecule has 21 heavy (non-hydrogen) atoms. The fourth-order valence-electron chi connectivity index (χ4n) is 2.35. The minimum atomic E-state index is 0.260. The Morgan fingerprint density at radius 3 is 2.38 bits per heavy atom. The second-order valence-corrected chi connectivity index (χ2v) is 8.83. The number of hydrogen-bond acceptors (Lipinski definition) is 4. The van der Waals surface area contributed by atoms with Gasteiger partial charge in [0.15, 0.2) is 5.13 Å². The van der Waals surface area contributed by atoms with Crippen LogP contribution in [0.5, 0.6) is 0 Å². The summed E-state index contributed by atoms with van der Waals surface area (Å²) in [5.41, 5.74) is 1.62. The van der Waals surface area contributed by atoms with Crippen molar-refractivity contribution in [3.05, 3.63) is 10.6 Å². The minimum absolute atomic E-state index is 0.260. The molecular weight excluding hydrogens is 278 g/mol. The van der Waals surface area contributed by atoms with Gasteiger partial charge in [0.25, 0.3) is 0 Å². The molecule has 1 unspecified atom stereocenters. The van der Waals surface area contributed by atoms with Gasteiger partial charge in [0.1, 0.15) is 0 Å². The van der Waals surface area contributed by atoms with Gasteiger partial charge in [-0.15, -0.1) is 11.3 Å². The summed E-state index contributed by atoms with van der Waals surface area (Å²) in [4.78, 5) is 8.78. The molecular formula is C17H31N3S. The van der Waals surface area contributed by atoms with Gasteiger partial charge in [0, 0.05) is 36.5 Å². The van der Waals surface area contributed by atoms with Crippen LogP contribution < -0.4 is 10.2 Å². The van der Waals surface area contributed by atoms with Gasteiger partial charge in [-0.1, -0.05) is 34.6 Å². The summed E-state index contributed by atoms with van der Waals surface area (Å²) in [5, 5.41) is 4.73. The fraction of sp³-hybridized carbons (Fsp3) is 0.824. The first-order valence-corrected chi connectivity index (χ1v) is 8.97. The molecule has 4 heteroatoms. The van der Waals surface area contributed by atoms with E-state index < -0.39 is 0 Å². The molecule has 1 aromatic heterocycles. The molecule has 0 aliphatic heterocycles. The van der Waals surface area contributed by atoms with E-state index in [2.05, 4.69) is 58.8 Å². The van der Waals surface area contributed by atoms with Gasteiger partial charge in [0.2, 0.25) is 0 Å². The molecule has 1 heterocycles. The number of hydrogen-bond donors (Lipinski definition) is 1. The largest absolute Gasteiger partial charge is 0.348 e. The molecule has 3 nitrogen and oxygen atoms in total. The smallest absolute Gasteiger partial charge is 0.185 e. The average molecular weight is 310 g/mol. The van der Waals surface area contributed by atoms with Crippen molar-refractivity contribution in [1.29, 1.82) is 0 Å². The van der Waals surface area contributed by atoms with Crippen LogP contribution in [0, 0.1) is 5.41 Å². The molecule has 1 aliphatic rings. The Balaban J connectivity index is 2.18.